The van der Waals surface area contributed by atoms with Crippen molar-refractivity contribution in [3.8, 4) is 5.75 Å². The molecule has 2 aliphatic heterocycles. The first-order valence-electron chi connectivity index (χ1n) is 8.77. The molecule has 0 fully saturated rings. The third kappa shape index (κ3) is 4.17. The molecule has 0 radical (unpaired) electrons. The van der Waals surface area contributed by atoms with E-state index in [1.807, 2.05) is 0 Å². The molecule has 0 aromatic heterocycles. The van der Waals surface area contributed by atoms with E-state index in [1.165, 1.54) is 48.5 Å². The van der Waals surface area contributed by atoms with Gasteiger partial charge in [-0.1, -0.05) is 24.3 Å². The second-order valence-electron chi connectivity index (χ2n) is 6.36. The van der Waals surface area contributed by atoms with Crippen molar-refractivity contribution >= 4 is 45.8 Å². The first-order chi connectivity index (χ1) is 15.1. The Kier molecular flexibility index (Phi) is 5.38. The van der Waals surface area contributed by atoms with E-state index in [4.69, 9.17) is 10.1 Å². The number of aliphatic imine (C=N–C) groups is 1. The molecule has 0 saturated heterocycles. The Balaban J connectivity index is 1.59. The van der Waals surface area contributed by atoms with Crippen LogP contribution in [-0.4, -0.2) is 39.1 Å². The summed E-state index contributed by atoms with van der Waals surface area (Å²) in [5, 5.41) is 10.4. The first-order valence-corrected chi connectivity index (χ1v) is 9.59. The molecule has 32 heavy (non-hydrogen) atoms. The van der Waals surface area contributed by atoms with Crippen LogP contribution < -0.4 is 4.74 Å². The number of alkyl halides is 3. The Morgan fingerprint density at radius 1 is 1.16 bits per heavy atom. The molecule has 2 heterocycles. The van der Waals surface area contributed by atoms with Gasteiger partial charge in [-0.05, 0) is 47.7 Å². The van der Waals surface area contributed by atoms with Gasteiger partial charge in [-0.25, -0.2) is 9.18 Å². The van der Waals surface area contributed by atoms with Gasteiger partial charge in [0, 0.05) is 0 Å². The number of hydrazone groups is 1. The molecule has 2 aliphatic rings. The average Bonchev–Trinajstić information content (AvgIpc) is 3.16. The Bertz CT molecular complexity index is 1250. The van der Waals surface area contributed by atoms with Gasteiger partial charge in [-0.15, -0.1) is 0 Å². The molecule has 1 N–H and O–H groups in total. The van der Waals surface area contributed by atoms with Crippen molar-refractivity contribution in [3.05, 3.63) is 71.0 Å². The third-order valence-electron chi connectivity index (χ3n) is 4.17. The predicted molar refractivity (Wildman–Crippen MR) is 109 cm³/mol. The molecule has 0 unspecified atom stereocenters. The summed E-state index contributed by atoms with van der Waals surface area (Å²) in [7, 11) is 0. The number of benzene rings is 2. The smallest absolute Gasteiger partial charge is 0.423 e. The Morgan fingerprint density at radius 2 is 1.91 bits per heavy atom. The molecule has 2 aromatic carbocycles. The van der Waals surface area contributed by atoms with Gasteiger partial charge >= 0.3 is 12.1 Å². The number of esters is 1. The number of rotatable bonds is 3. The van der Waals surface area contributed by atoms with Crippen LogP contribution in [0.4, 0.5) is 17.6 Å². The van der Waals surface area contributed by atoms with Gasteiger partial charge in [-0.3, -0.25) is 10.2 Å². The molecule has 0 saturated carbocycles. The van der Waals surface area contributed by atoms with Gasteiger partial charge in [0.1, 0.15) is 11.6 Å². The van der Waals surface area contributed by atoms with Crippen molar-refractivity contribution in [2.75, 3.05) is 0 Å². The summed E-state index contributed by atoms with van der Waals surface area (Å²) in [6.07, 6.45) is -3.54. The van der Waals surface area contributed by atoms with Crippen LogP contribution in [0.3, 0.4) is 0 Å². The standard InChI is InChI=1S/C20H10F4N4O3S/c21-14-7-2-1-6-12(14)17(30)31-11-5-3-4-10(8-11)9-13-15(25)28-19(26-16(13)29)32-18(27-28)20(22,23)24/h1-9,25H/b13-9-,25-15?. The monoisotopic (exact) mass is 462 g/mol. The largest absolute Gasteiger partial charge is 0.441 e. The Labute approximate surface area is 181 Å². The van der Waals surface area contributed by atoms with Crippen molar-refractivity contribution in [3.63, 3.8) is 0 Å². The van der Waals surface area contributed by atoms with Crippen LogP contribution in [0.2, 0.25) is 0 Å². The number of carbonyl (C=O) groups excluding carboxylic acids is 2. The van der Waals surface area contributed by atoms with Gasteiger partial charge in [0.15, 0.2) is 5.84 Å². The van der Waals surface area contributed by atoms with E-state index < -0.39 is 34.7 Å². The van der Waals surface area contributed by atoms with Gasteiger partial charge in [0.25, 0.3) is 5.91 Å². The summed E-state index contributed by atoms with van der Waals surface area (Å²) < 4.78 is 57.6. The minimum absolute atomic E-state index is 0.0284. The summed E-state index contributed by atoms with van der Waals surface area (Å²) in [5.41, 5.74) is -0.284. The first kappa shape index (κ1) is 21.4. The highest BCUT2D eigenvalue weighted by Gasteiger charge is 2.46. The molecular weight excluding hydrogens is 452 g/mol. The van der Waals surface area contributed by atoms with Crippen molar-refractivity contribution < 1.29 is 31.9 Å². The number of amides is 1. The zero-order valence-corrected chi connectivity index (χ0v) is 16.5. The summed E-state index contributed by atoms with van der Waals surface area (Å²) in [4.78, 5) is 28.0. The number of ether oxygens (including phenoxy) is 1. The number of nitrogens with one attached hydrogen (secondary N) is 1. The van der Waals surface area contributed by atoms with Crippen LogP contribution in [0.5, 0.6) is 5.75 Å². The second-order valence-corrected chi connectivity index (χ2v) is 7.32. The molecule has 1 amide bonds. The highest BCUT2D eigenvalue weighted by Crippen LogP contribution is 2.35. The second kappa shape index (κ2) is 8.04. The number of nitrogens with zero attached hydrogens (tertiary/aromatic N) is 3. The van der Waals surface area contributed by atoms with E-state index in [2.05, 4.69) is 10.1 Å². The Morgan fingerprint density at radius 3 is 2.62 bits per heavy atom. The molecule has 0 atom stereocenters. The van der Waals surface area contributed by atoms with Gasteiger partial charge < -0.3 is 4.74 Å². The van der Waals surface area contributed by atoms with Crippen LogP contribution in [0, 0.1) is 11.2 Å². The number of hydrogen-bond acceptors (Lipinski definition) is 6. The van der Waals surface area contributed by atoms with Crippen LogP contribution in [0.1, 0.15) is 15.9 Å². The Hall–Kier alpha value is -3.80. The quantitative estimate of drug-likeness (QED) is 0.319. The number of fused-ring (bicyclic) bond motifs is 1. The van der Waals surface area contributed by atoms with E-state index >= 15 is 0 Å². The maximum Gasteiger partial charge on any atom is 0.441 e. The van der Waals surface area contributed by atoms with E-state index in [9.17, 15) is 27.2 Å². The lowest BCUT2D eigenvalue weighted by Gasteiger charge is -2.20. The van der Waals surface area contributed by atoms with Crippen LogP contribution >= 0.6 is 11.8 Å². The van der Waals surface area contributed by atoms with Crippen LogP contribution in [0.15, 0.2) is 64.2 Å². The lowest BCUT2D eigenvalue weighted by Crippen LogP contribution is -2.35. The van der Waals surface area contributed by atoms with E-state index in [0.717, 1.165) is 6.07 Å². The fraction of sp³-hybridized carbons (Fsp3) is 0.0500. The zero-order valence-electron chi connectivity index (χ0n) is 15.7. The molecule has 12 heteroatoms. The number of hydrogen-bond donors (Lipinski definition) is 1. The SMILES string of the molecule is N=C1/C(=C/c2cccc(OC(=O)c3ccccc3F)c2)C(=O)N=C2SC(C(F)(F)F)=NN12. The number of thioether (sulfide) groups is 1. The maximum absolute atomic E-state index is 13.8. The van der Waals surface area contributed by atoms with Crippen molar-refractivity contribution in [1.82, 2.24) is 5.01 Å². The molecule has 7 nitrogen and oxygen atoms in total. The highest BCUT2D eigenvalue weighted by atomic mass is 32.2. The molecule has 0 spiro atoms. The van der Waals surface area contributed by atoms with Gasteiger partial charge in [0.2, 0.25) is 10.2 Å². The lowest BCUT2D eigenvalue weighted by molar-refractivity contribution is -0.114. The highest BCUT2D eigenvalue weighted by molar-refractivity contribution is 8.27. The lowest BCUT2D eigenvalue weighted by atomic mass is 10.1. The molecule has 0 aliphatic carbocycles. The van der Waals surface area contributed by atoms with E-state index in [0.29, 0.717) is 10.6 Å². The normalized spacial score (nSPS) is 17.2. The summed E-state index contributed by atoms with van der Waals surface area (Å²) in [6.45, 7) is 0. The third-order valence-corrected chi connectivity index (χ3v) is 5.12. The number of carbonyl (C=O) groups is 2. The van der Waals surface area contributed by atoms with E-state index in [1.54, 1.807) is 0 Å². The predicted octanol–water partition coefficient (Wildman–Crippen LogP) is 4.23. The zero-order chi connectivity index (χ0) is 23.0. The van der Waals surface area contributed by atoms with Gasteiger partial charge in [-0.2, -0.15) is 28.3 Å². The fourth-order valence-corrected chi connectivity index (χ4v) is 3.49. The molecular formula is C20H10F4N4O3S. The van der Waals surface area contributed by atoms with Crippen molar-refractivity contribution in [2.24, 2.45) is 10.1 Å². The van der Waals surface area contributed by atoms with E-state index in [-0.39, 0.29) is 33.8 Å². The average molecular weight is 462 g/mol. The summed E-state index contributed by atoms with van der Waals surface area (Å²) in [5.74, 6) is -3.16. The molecule has 162 valence electrons. The number of halogens is 4. The topological polar surface area (TPSA) is 95.2 Å². The maximum atomic E-state index is 13.8. The van der Waals surface area contributed by atoms with Gasteiger partial charge in [0.05, 0.1) is 11.1 Å². The summed E-state index contributed by atoms with van der Waals surface area (Å²) in [6, 6.07) is 11.0. The summed E-state index contributed by atoms with van der Waals surface area (Å²) >= 11 is 0.150. The molecule has 2 aromatic rings. The minimum Gasteiger partial charge on any atom is -0.423 e. The number of amidine groups is 2. The van der Waals surface area contributed by atoms with Crippen molar-refractivity contribution in [2.45, 2.75) is 6.18 Å². The van der Waals surface area contributed by atoms with Crippen molar-refractivity contribution in [1.29, 1.82) is 5.41 Å². The van der Waals surface area contributed by atoms with Crippen LogP contribution in [0.25, 0.3) is 6.08 Å². The molecule has 4 rings (SSSR count). The molecule has 0 bridgehead atoms. The fourth-order valence-electron chi connectivity index (χ4n) is 2.73. The van der Waals surface area contributed by atoms with Crippen LogP contribution in [-0.2, 0) is 4.79 Å². The minimum atomic E-state index is -4.74.